The summed E-state index contributed by atoms with van der Waals surface area (Å²) in [6, 6.07) is 70.0. The highest BCUT2D eigenvalue weighted by atomic mass is 16.3. The van der Waals surface area contributed by atoms with Crippen molar-refractivity contribution in [2.75, 3.05) is 0 Å². The van der Waals surface area contributed by atoms with Crippen molar-refractivity contribution >= 4 is 76.2 Å². The van der Waals surface area contributed by atoms with Gasteiger partial charge in [-0.1, -0.05) is 146 Å². The second-order valence-corrected chi connectivity index (χ2v) is 15.9. The Morgan fingerprint density at radius 1 is 0.258 bits per heavy atom. The van der Waals surface area contributed by atoms with Crippen molar-refractivity contribution < 1.29 is 8.83 Å². The van der Waals surface area contributed by atoms with Crippen LogP contribution in [0.5, 0.6) is 0 Å². The first-order chi connectivity index (χ1) is 30.7. The molecule has 5 nitrogen and oxygen atoms in total. The molecule has 0 aliphatic carbocycles. The predicted octanol–water partition coefficient (Wildman–Crippen LogP) is 15.5. The molecule has 0 bridgehead atoms. The van der Waals surface area contributed by atoms with Gasteiger partial charge >= 0.3 is 0 Å². The number of nitrogens with zero attached hydrogens (tertiary/aromatic N) is 3. The Bertz CT molecular complexity index is 3940. The van der Waals surface area contributed by atoms with Gasteiger partial charge in [-0.15, -0.1) is 0 Å². The molecule has 13 rings (SSSR count). The summed E-state index contributed by atoms with van der Waals surface area (Å²) in [6.07, 6.45) is 0. The number of benzene rings is 10. The zero-order valence-electron chi connectivity index (χ0n) is 33.2. The Morgan fingerprint density at radius 2 is 0.774 bits per heavy atom. The van der Waals surface area contributed by atoms with Gasteiger partial charge in [-0.25, -0.2) is 15.0 Å². The molecule has 5 heteroatoms. The number of aromatic nitrogens is 3. The molecule has 0 aliphatic heterocycles. The Labute approximate surface area is 355 Å². The third-order valence-electron chi connectivity index (χ3n) is 12.3. The molecule has 0 unspecified atom stereocenters. The number of furan rings is 2. The van der Waals surface area contributed by atoms with E-state index in [0.29, 0.717) is 17.5 Å². The van der Waals surface area contributed by atoms with Gasteiger partial charge in [0.15, 0.2) is 17.5 Å². The Hall–Kier alpha value is -8.41. The zero-order valence-corrected chi connectivity index (χ0v) is 33.2. The lowest BCUT2D eigenvalue weighted by Crippen LogP contribution is -2.01. The summed E-state index contributed by atoms with van der Waals surface area (Å²) in [6.45, 7) is 0. The second-order valence-electron chi connectivity index (χ2n) is 15.9. The number of fused-ring (bicyclic) bond motifs is 10. The van der Waals surface area contributed by atoms with E-state index in [4.69, 9.17) is 23.8 Å². The van der Waals surface area contributed by atoms with E-state index in [-0.39, 0.29) is 0 Å². The third-order valence-corrected chi connectivity index (χ3v) is 12.3. The van der Waals surface area contributed by atoms with Crippen LogP contribution in [-0.2, 0) is 0 Å². The van der Waals surface area contributed by atoms with Gasteiger partial charge in [-0.2, -0.15) is 0 Å². The minimum absolute atomic E-state index is 0.595. The van der Waals surface area contributed by atoms with Crippen LogP contribution in [0.3, 0.4) is 0 Å². The summed E-state index contributed by atoms with van der Waals surface area (Å²) < 4.78 is 12.6. The van der Waals surface area contributed by atoms with Gasteiger partial charge in [0.1, 0.15) is 22.3 Å². The highest BCUT2D eigenvalue weighted by molar-refractivity contribution is 6.19. The lowest BCUT2D eigenvalue weighted by atomic mass is 9.92. The van der Waals surface area contributed by atoms with Crippen LogP contribution in [-0.4, -0.2) is 15.0 Å². The van der Waals surface area contributed by atoms with Crippen LogP contribution in [0.1, 0.15) is 0 Å². The van der Waals surface area contributed by atoms with Crippen LogP contribution in [0.4, 0.5) is 0 Å². The zero-order chi connectivity index (χ0) is 40.7. The first-order valence-corrected chi connectivity index (χ1v) is 20.8. The highest BCUT2D eigenvalue weighted by Crippen LogP contribution is 2.42. The molecule has 0 N–H and O–H groups in total. The third kappa shape index (κ3) is 5.52. The molecule has 0 amide bonds. The van der Waals surface area contributed by atoms with Gasteiger partial charge < -0.3 is 8.83 Å². The van der Waals surface area contributed by atoms with Crippen LogP contribution in [0.2, 0.25) is 0 Å². The quantitative estimate of drug-likeness (QED) is 0.174. The van der Waals surface area contributed by atoms with Crippen molar-refractivity contribution in [1.29, 1.82) is 0 Å². The smallest absolute Gasteiger partial charge is 0.164 e. The molecule has 0 atom stereocenters. The van der Waals surface area contributed by atoms with Crippen LogP contribution in [0.25, 0.3) is 133 Å². The summed E-state index contributed by atoms with van der Waals surface area (Å²) in [5.74, 6) is 1.80. The van der Waals surface area contributed by atoms with Gasteiger partial charge in [0.25, 0.3) is 0 Å². The highest BCUT2D eigenvalue weighted by Gasteiger charge is 2.19. The van der Waals surface area contributed by atoms with E-state index < -0.39 is 0 Å². The topological polar surface area (TPSA) is 65.0 Å². The molecule has 0 aliphatic rings. The summed E-state index contributed by atoms with van der Waals surface area (Å²) >= 11 is 0. The van der Waals surface area contributed by atoms with E-state index in [2.05, 4.69) is 164 Å². The molecule has 0 spiro atoms. The van der Waals surface area contributed by atoms with E-state index in [0.717, 1.165) is 104 Å². The molecule has 0 saturated heterocycles. The minimum atomic E-state index is 0.595. The van der Waals surface area contributed by atoms with Crippen LogP contribution >= 0.6 is 0 Å². The molecule has 10 aromatic carbocycles. The summed E-state index contributed by atoms with van der Waals surface area (Å²) in [4.78, 5) is 15.8. The largest absolute Gasteiger partial charge is 0.456 e. The van der Waals surface area contributed by atoms with Gasteiger partial charge in [0.2, 0.25) is 0 Å². The van der Waals surface area contributed by atoms with Crippen molar-refractivity contribution in [3.8, 4) is 56.4 Å². The standard InChI is InChI=1S/C57H33N3O2/c1-2-11-34(12-3-1)35-21-22-37-30-40(24-23-36(37)29-35)55-58-56(41-25-27-44-39(31-41)26-28-52-53(44)46-15-6-8-18-49(46)62-52)60-57(59-55)42-32-38-13-4-5-14-43(38)48(33-42)45-17-10-20-51-54(45)47-16-7-9-19-50(47)61-51/h1-33H. The van der Waals surface area contributed by atoms with Crippen molar-refractivity contribution in [3.05, 3.63) is 200 Å². The lowest BCUT2D eigenvalue weighted by molar-refractivity contribution is 0.668. The van der Waals surface area contributed by atoms with E-state index in [1.165, 1.54) is 11.1 Å². The second kappa shape index (κ2) is 13.6. The average molecular weight is 792 g/mol. The summed E-state index contributed by atoms with van der Waals surface area (Å²) in [7, 11) is 0. The molecule has 62 heavy (non-hydrogen) atoms. The number of para-hydroxylation sites is 2. The summed E-state index contributed by atoms with van der Waals surface area (Å²) in [5, 5.41) is 11.1. The molecule has 0 saturated carbocycles. The monoisotopic (exact) mass is 791 g/mol. The molecule has 3 aromatic heterocycles. The fourth-order valence-corrected chi connectivity index (χ4v) is 9.31. The summed E-state index contributed by atoms with van der Waals surface area (Å²) in [5.41, 5.74) is 10.7. The van der Waals surface area contributed by atoms with E-state index in [9.17, 15) is 0 Å². The van der Waals surface area contributed by atoms with Gasteiger partial charge in [-0.05, 0) is 109 Å². The maximum absolute atomic E-state index is 6.36. The maximum Gasteiger partial charge on any atom is 0.164 e. The van der Waals surface area contributed by atoms with Crippen LogP contribution < -0.4 is 0 Å². The molecule has 0 fully saturated rings. The number of hydrogen-bond acceptors (Lipinski definition) is 5. The molecular formula is C57H33N3O2. The van der Waals surface area contributed by atoms with Crippen LogP contribution in [0, 0.1) is 0 Å². The lowest BCUT2D eigenvalue weighted by Gasteiger charge is -2.13. The molecule has 3 heterocycles. The maximum atomic E-state index is 6.36. The van der Waals surface area contributed by atoms with Gasteiger partial charge in [0.05, 0.1) is 0 Å². The molecule has 0 radical (unpaired) electrons. The Morgan fingerprint density at radius 3 is 1.53 bits per heavy atom. The van der Waals surface area contributed by atoms with Gasteiger partial charge in [-0.3, -0.25) is 0 Å². The first-order valence-electron chi connectivity index (χ1n) is 20.8. The number of rotatable bonds is 5. The molecule has 13 aromatic rings. The first kappa shape index (κ1) is 34.5. The fourth-order valence-electron chi connectivity index (χ4n) is 9.31. The average Bonchev–Trinajstić information content (AvgIpc) is 3.92. The van der Waals surface area contributed by atoms with Crippen molar-refractivity contribution in [2.24, 2.45) is 0 Å². The molecule has 288 valence electrons. The Balaban J connectivity index is 1.02. The van der Waals surface area contributed by atoms with E-state index >= 15 is 0 Å². The van der Waals surface area contributed by atoms with Gasteiger partial charge in [0, 0.05) is 38.2 Å². The van der Waals surface area contributed by atoms with Crippen molar-refractivity contribution in [2.45, 2.75) is 0 Å². The number of hydrogen-bond donors (Lipinski definition) is 0. The molecular weight excluding hydrogens is 759 g/mol. The normalized spacial score (nSPS) is 11.9. The predicted molar refractivity (Wildman–Crippen MR) is 254 cm³/mol. The van der Waals surface area contributed by atoms with E-state index in [1.54, 1.807) is 0 Å². The van der Waals surface area contributed by atoms with E-state index in [1.807, 2.05) is 36.4 Å². The minimum Gasteiger partial charge on any atom is -0.456 e. The van der Waals surface area contributed by atoms with Crippen molar-refractivity contribution in [1.82, 2.24) is 15.0 Å². The van der Waals surface area contributed by atoms with Crippen molar-refractivity contribution in [3.63, 3.8) is 0 Å². The Kier molecular flexibility index (Phi) is 7.54. The fraction of sp³-hybridized carbons (Fsp3) is 0. The SMILES string of the molecule is c1ccc(-c2ccc3cc(-c4nc(-c5cc(-c6cccc7oc8ccccc8c67)c6ccccc6c5)nc(-c5ccc6c(ccc7oc8ccccc8c76)c5)n4)ccc3c2)cc1. The van der Waals surface area contributed by atoms with Crippen LogP contribution in [0.15, 0.2) is 209 Å².